The molecule has 3 heteroatoms. The van der Waals surface area contributed by atoms with Gasteiger partial charge in [-0.2, -0.15) is 0 Å². The molecule has 64 valence electrons. The fourth-order valence-corrected chi connectivity index (χ4v) is 3.32. The van der Waals surface area contributed by atoms with Crippen LogP contribution in [0.25, 0.3) is 0 Å². The molecule has 1 aliphatic heterocycles. The summed E-state index contributed by atoms with van der Waals surface area (Å²) >= 11 is 0. The van der Waals surface area contributed by atoms with E-state index in [0.717, 1.165) is 12.4 Å². The van der Waals surface area contributed by atoms with Crippen molar-refractivity contribution in [1.82, 2.24) is 0 Å². The number of hydrogen-bond acceptors (Lipinski definition) is 2. The molecule has 0 spiro atoms. The van der Waals surface area contributed by atoms with Gasteiger partial charge in [0.2, 0.25) is 0 Å². The number of rotatable bonds is 3. The molecule has 2 atom stereocenters. The highest BCUT2D eigenvalue weighted by Crippen LogP contribution is 2.24. The highest BCUT2D eigenvalue weighted by atomic mass is 32.2. The van der Waals surface area contributed by atoms with E-state index < -0.39 is 10.8 Å². The molecule has 0 aromatic heterocycles. The maximum atomic E-state index is 11.5. The first-order valence-corrected chi connectivity index (χ1v) is 5.73. The van der Waals surface area contributed by atoms with Crippen molar-refractivity contribution in [2.45, 2.75) is 37.0 Å². The Morgan fingerprint density at radius 2 is 2.00 bits per heavy atom. The van der Waals surface area contributed by atoms with Crippen LogP contribution in [-0.4, -0.2) is 27.9 Å². The SMILES string of the molecule is O=S(CC1CO1)C1CCCC1. The van der Waals surface area contributed by atoms with Gasteiger partial charge in [0, 0.05) is 16.0 Å². The van der Waals surface area contributed by atoms with E-state index in [0.29, 0.717) is 11.4 Å². The predicted molar refractivity (Wildman–Crippen MR) is 45.0 cm³/mol. The van der Waals surface area contributed by atoms with Crippen LogP contribution in [0, 0.1) is 0 Å². The molecule has 1 heterocycles. The van der Waals surface area contributed by atoms with Gasteiger partial charge >= 0.3 is 0 Å². The molecule has 2 fully saturated rings. The van der Waals surface area contributed by atoms with Crippen LogP contribution >= 0.6 is 0 Å². The average Bonchev–Trinajstić information content (AvgIpc) is 2.67. The first-order chi connectivity index (χ1) is 5.36. The van der Waals surface area contributed by atoms with Crippen LogP contribution in [0.15, 0.2) is 0 Å². The van der Waals surface area contributed by atoms with Gasteiger partial charge < -0.3 is 4.74 Å². The molecule has 1 saturated carbocycles. The van der Waals surface area contributed by atoms with E-state index in [2.05, 4.69) is 0 Å². The predicted octanol–water partition coefficient (Wildman–Crippen LogP) is 1.08. The summed E-state index contributed by atoms with van der Waals surface area (Å²) in [6, 6.07) is 0. The van der Waals surface area contributed by atoms with Gasteiger partial charge in [0.25, 0.3) is 0 Å². The first-order valence-electron chi connectivity index (χ1n) is 4.35. The van der Waals surface area contributed by atoms with Crippen LogP contribution in [0.3, 0.4) is 0 Å². The zero-order valence-corrected chi connectivity index (χ0v) is 7.44. The molecule has 0 amide bonds. The molecule has 0 N–H and O–H groups in total. The summed E-state index contributed by atoms with van der Waals surface area (Å²) in [4.78, 5) is 0. The molecule has 2 unspecified atom stereocenters. The molecular formula is C8H14O2S. The molecule has 1 saturated heterocycles. The van der Waals surface area contributed by atoms with Gasteiger partial charge in [0.15, 0.2) is 0 Å². The van der Waals surface area contributed by atoms with Crippen molar-refractivity contribution in [2.75, 3.05) is 12.4 Å². The smallest absolute Gasteiger partial charge is 0.0924 e. The standard InChI is InChI=1S/C8H14O2S/c9-11(6-7-5-10-7)8-3-1-2-4-8/h7-8H,1-6H2. The summed E-state index contributed by atoms with van der Waals surface area (Å²) in [5, 5.41) is 0.499. The van der Waals surface area contributed by atoms with E-state index in [1.54, 1.807) is 0 Å². The molecule has 2 aliphatic rings. The highest BCUT2D eigenvalue weighted by molar-refractivity contribution is 7.85. The molecule has 0 bridgehead atoms. The topological polar surface area (TPSA) is 29.6 Å². The Morgan fingerprint density at radius 1 is 1.36 bits per heavy atom. The lowest BCUT2D eigenvalue weighted by Gasteiger charge is -2.06. The van der Waals surface area contributed by atoms with Crippen molar-refractivity contribution in [2.24, 2.45) is 0 Å². The van der Waals surface area contributed by atoms with Gasteiger partial charge in [0.1, 0.15) is 0 Å². The van der Waals surface area contributed by atoms with E-state index in [1.165, 1.54) is 25.7 Å². The molecule has 1 aliphatic carbocycles. The third kappa shape index (κ3) is 2.03. The lowest BCUT2D eigenvalue weighted by molar-refractivity contribution is 0.424. The second-order valence-corrected chi connectivity index (χ2v) is 5.17. The van der Waals surface area contributed by atoms with Crippen molar-refractivity contribution in [1.29, 1.82) is 0 Å². The largest absolute Gasteiger partial charge is 0.372 e. The number of hydrogen-bond donors (Lipinski definition) is 0. The highest BCUT2D eigenvalue weighted by Gasteiger charge is 2.29. The molecule has 0 aromatic rings. The molecule has 0 radical (unpaired) electrons. The van der Waals surface area contributed by atoms with E-state index >= 15 is 0 Å². The van der Waals surface area contributed by atoms with Crippen LogP contribution in [0.5, 0.6) is 0 Å². The van der Waals surface area contributed by atoms with Crippen molar-refractivity contribution in [3.8, 4) is 0 Å². The minimum Gasteiger partial charge on any atom is -0.372 e. The molecular weight excluding hydrogens is 160 g/mol. The van der Waals surface area contributed by atoms with E-state index in [1.807, 2.05) is 0 Å². The van der Waals surface area contributed by atoms with Crippen LogP contribution < -0.4 is 0 Å². The van der Waals surface area contributed by atoms with E-state index in [4.69, 9.17) is 4.74 Å². The van der Waals surface area contributed by atoms with Crippen molar-refractivity contribution >= 4 is 10.8 Å². The Morgan fingerprint density at radius 3 is 2.55 bits per heavy atom. The Hall–Kier alpha value is 0.110. The second kappa shape index (κ2) is 3.23. The molecule has 2 rings (SSSR count). The van der Waals surface area contributed by atoms with Gasteiger partial charge in [0.05, 0.1) is 18.5 Å². The second-order valence-electron chi connectivity index (χ2n) is 3.41. The van der Waals surface area contributed by atoms with Gasteiger partial charge in [-0.1, -0.05) is 12.8 Å². The van der Waals surface area contributed by atoms with Crippen LogP contribution in [0.2, 0.25) is 0 Å². The third-order valence-corrected chi connectivity index (χ3v) is 4.34. The van der Waals surface area contributed by atoms with Gasteiger partial charge in [-0.3, -0.25) is 4.21 Å². The Balaban J connectivity index is 1.77. The Labute approximate surface area is 69.8 Å². The summed E-state index contributed by atoms with van der Waals surface area (Å²) in [6.45, 7) is 0.846. The minimum atomic E-state index is -0.588. The summed E-state index contributed by atoms with van der Waals surface area (Å²) in [7, 11) is -0.588. The lowest BCUT2D eigenvalue weighted by atomic mass is 10.4. The Bertz CT molecular complexity index is 159. The third-order valence-electron chi connectivity index (χ3n) is 2.43. The maximum absolute atomic E-state index is 11.5. The van der Waals surface area contributed by atoms with Crippen LogP contribution in [0.4, 0.5) is 0 Å². The van der Waals surface area contributed by atoms with Crippen molar-refractivity contribution in [3.05, 3.63) is 0 Å². The molecule has 0 aromatic carbocycles. The van der Waals surface area contributed by atoms with E-state index in [9.17, 15) is 4.21 Å². The zero-order valence-electron chi connectivity index (χ0n) is 6.62. The first kappa shape index (κ1) is 7.74. The lowest BCUT2D eigenvalue weighted by Crippen LogP contribution is -2.16. The van der Waals surface area contributed by atoms with Crippen LogP contribution in [0.1, 0.15) is 25.7 Å². The van der Waals surface area contributed by atoms with Crippen LogP contribution in [-0.2, 0) is 15.5 Å². The fraction of sp³-hybridized carbons (Fsp3) is 1.00. The van der Waals surface area contributed by atoms with Gasteiger partial charge in [-0.25, -0.2) is 0 Å². The molecule has 11 heavy (non-hydrogen) atoms. The zero-order chi connectivity index (χ0) is 7.68. The maximum Gasteiger partial charge on any atom is 0.0924 e. The summed E-state index contributed by atoms with van der Waals surface area (Å²) < 4.78 is 16.6. The van der Waals surface area contributed by atoms with E-state index in [-0.39, 0.29) is 0 Å². The monoisotopic (exact) mass is 174 g/mol. The van der Waals surface area contributed by atoms with Gasteiger partial charge in [-0.15, -0.1) is 0 Å². The number of epoxide rings is 1. The molecule has 2 nitrogen and oxygen atoms in total. The summed E-state index contributed by atoms with van der Waals surface area (Å²) in [5.74, 6) is 0.796. The quantitative estimate of drug-likeness (QED) is 0.599. The summed E-state index contributed by atoms with van der Waals surface area (Å²) in [6.07, 6.45) is 5.26. The van der Waals surface area contributed by atoms with Crippen molar-refractivity contribution < 1.29 is 8.95 Å². The Kier molecular flexibility index (Phi) is 2.28. The van der Waals surface area contributed by atoms with Gasteiger partial charge in [-0.05, 0) is 12.8 Å². The summed E-state index contributed by atoms with van der Waals surface area (Å²) in [5.41, 5.74) is 0. The number of ether oxygens (including phenoxy) is 1. The normalized spacial score (nSPS) is 34.0. The average molecular weight is 174 g/mol. The minimum absolute atomic E-state index is 0.344. The fourth-order valence-electron chi connectivity index (χ4n) is 1.63. The van der Waals surface area contributed by atoms with Crippen molar-refractivity contribution in [3.63, 3.8) is 0 Å².